The summed E-state index contributed by atoms with van der Waals surface area (Å²) >= 11 is 0. The van der Waals surface area contributed by atoms with Crippen molar-refractivity contribution in [2.24, 2.45) is 0 Å². The number of rotatable bonds is 6. The van der Waals surface area contributed by atoms with Crippen molar-refractivity contribution in [2.75, 3.05) is 7.11 Å². The van der Waals surface area contributed by atoms with Crippen LogP contribution in [0, 0.1) is 6.92 Å². The summed E-state index contributed by atoms with van der Waals surface area (Å²) in [6, 6.07) is 23.9. The van der Waals surface area contributed by atoms with Crippen LogP contribution < -0.4 is 9.46 Å². The van der Waals surface area contributed by atoms with Crippen LogP contribution in [0.1, 0.15) is 22.7 Å². The number of aryl methyl sites for hydroxylation is 1. The highest BCUT2D eigenvalue weighted by atomic mass is 32.2. The molecule has 0 aromatic heterocycles. The summed E-state index contributed by atoms with van der Waals surface area (Å²) in [6.07, 6.45) is 0. The molecule has 5 nitrogen and oxygen atoms in total. The van der Waals surface area contributed by atoms with Crippen molar-refractivity contribution in [3.63, 3.8) is 0 Å². The first kappa shape index (κ1) is 20.9. The lowest BCUT2D eigenvalue weighted by Gasteiger charge is -2.23. The zero-order valence-corrected chi connectivity index (χ0v) is 18.1. The number of fused-ring (bicyclic) bond motifs is 1. The van der Waals surface area contributed by atoms with Crippen molar-refractivity contribution < 1.29 is 18.3 Å². The van der Waals surface area contributed by atoms with Gasteiger partial charge in [-0.25, -0.2) is 8.42 Å². The molecule has 0 aliphatic rings. The number of nitrogens with one attached hydrogen (secondary N) is 1. The van der Waals surface area contributed by atoms with E-state index in [1.54, 1.807) is 49.6 Å². The van der Waals surface area contributed by atoms with Crippen LogP contribution in [0.3, 0.4) is 0 Å². The lowest BCUT2D eigenvalue weighted by Crippen LogP contribution is -2.29. The van der Waals surface area contributed by atoms with E-state index in [0.29, 0.717) is 11.3 Å². The van der Waals surface area contributed by atoms with Crippen LogP contribution in [0.25, 0.3) is 10.8 Å². The highest BCUT2D eigenvalue weighted by Crippen LogP contribution is 2.37. The van der Waals surface area contributed by atoms with Crippen molar-refractivity contribution in [1.29, 1.82) is 0 Å². The number of methoxy groups -OCH3 is 1. The second kappa shape index (κ2) is 8.41. The minimum Gasteiger partial charge on any atom is -0.508 e. The quantitative estimate of drug-likeness (QED) is 0.452. The molecule has 0 bridgehead atoms. The normalized spacial score (nSPS) is 12.6. The molecule has 0 saturated carbocycles. The molecular weight excluding hydrogens is 410 g/mol. The molecule has 6 heteroatoms. The maximum atomic E-state index is 13.2. The zero-order chi connectivity index (χ0) is 22.0. The third-order valence-corrected chi connectivity index (χ3v) is 6.71. The Balaban J connectivity index is 1.89. The lowest BCUT2D eigenvalue weighted by atomic mass is 9.93. The number of aromatic hydroxyl groups is 1. The van der Waals surface area contributed by atoms with Crippen molar-refractivity contribution >= 4 is 20.8 Å². The standard InChI is InChI=1S/C25H23NO4S/c1-17-8-12-21(13-9-17)31(28,29)26-25(18-6-4-3-5-7-18)24-22-14-11-20(30-2)16-19(22)10-15-23(24)27/h3-16,25-27H,1-2H3. The Bertz CT molecular complexity index is 1320. The highest BCUT2D eigenvalue weighted by molar-refractivity contribution is 7.89. The van der Waals surface area contributed by atoms with Gasteiger partial charge in [0.15, 0.2) is 0 Å². The topological polar surface area (TPSA) is 75.6 Å². The van der Waals surface area contributed by atoms with Gasteiger partial charge in [-0.05, 0) is 53.6 Å². The van der Waals surface area contributed by atoms with Crippen LogP contribution in [0.4, 0.5) is 0 Å². The average Bonchev–Trinajstić information content (AvgIpc) is 2.78. The molecule has 31 heavy (non-hydrogen) atoms. The molecule has 0 saturated heterocycles. The summed E-state index contributed by atoms with van der Waals surface area (Å²) in [5.41, 5.74) is 2.18. The summed E-state index contributed by atoms with van der Waals surface area (Å²) in [6.45, 7) is 1.90. The average molecular weight is 434 g/mol. The molecule has 158 valence electrons. The Kier molecular flexibility index (Phi) is 5.67. The van der Waals surface area contributed by atoms with Gasteiger partial charge < -0.3 is 9.84 Å². The maximum Gasteiger partial charge on any atom is 0.241 e. The van der Waals surface area contributed by atoms with Gasteiger partial charge >= 0.3 is 0 Å². The molecule has 0 radical (unpaired) electrons. The summed E-state index contributed by atoms with van der Waals surface area (Å²) in [5, 5.41) is 12.4. The molecule has 0 amide bonds. The van der Waals surface area contributed by atoms with E-state index in [1.807, 2.05) is 49.4 Å². The number of phenolic OH excluding ortho intramolecular Hbond substituents is 1. The maximum absolute atomic E-state index is 13.2. The van der Waals surface area contributed by atoms with E-state index in [2.05, 4.69) is 4.72 Å². The van der Waals surface area contributed by atoms with Gasteiger partial charge in [-0.2, -0.15) is 4.72 Å². The van der Waals surface area contributed by atoms with Gasteiger partial charge in [0.05, 0.1) is 18.0 Å². The monoisotopic (exact) mass is 433 g/mol. The zero-order valence-electron chi connectivity index (χ0n) is 17.2. The first-order valence-electron chi connectivity index (χ1n) is 9.82. The van der Waals surface area contributed by atoms with E-state index in [0.717, 1.165) is 21.9 Å². The summed E-state index contributed by atoms with van der Waals surface area (Å²) in [4.78, 5) is 0.167. The smallest absolute Gasteiger partial charge is 0.241 e. The van der Waals surface area contributed by atoms with Crippen LogP contribution in [0.2, 0.25) is 0 Å². The third kappa shape index (κ3) is 4.26. The van der Waals surface area contributed by atoms with Gasteiger partial charge in [0, 0.05) is 5.56 Å². The molecule has 1 unspecified atom stereocenters. The molecule has 0 spiro atoms. The first-order chi connectivity index (χ1) is 14.9. The van der Waals surface area contributed by atoms with E-state index in [4.69, 9.17) is 4.74 Å². The van der Waals surface area contributed by atoms with E-state index < -0.39 is 16.1 Å². The van der Waals surface area contributed by atoms with E-state index in [-0.39, 0.29) is 10.6 Å². The van der Waals surface area contributed by atoms with Crippen LogP contribution in [0.15, 0.2) is 89.8 Å². The summed E-state index contributed by atoms with van der Waals surface area (Å²) < 4.78 is 34.6. The van der Waals surface area contributed by atoms with Gasteiger partial charge in [0.25, 0.3) is 0 Å². The first-order valence-corrected chi connectivity index (χ1v) is 11.3. The molecule has 4 aromatic rings. The fraction of sp³-hybridized carbons (Fsp3) is 0.120. The molecule has 0 aliphatic heterocycles. The van der Waals surface area contributed by atoms with Crippen LogP contribution in [0.5, 0.6) is 11.5 Å². The Morgan fingerprint density at radius 3 is 2.29 bits per heavy atom. The van der Waals surface area contributed by atoms with Crippen LogP contribution in [-0.4, -0.2) is 20.6 Å². The molecule has 4 aromatic carbocycles. The molecule has 1 atom stereocenters. The predicted octanol–water partition coefficient (Wildman–Crippen LogP) is 4.93. The minimum absolute atomic E-state index is 0.0122. The van der Waals surface area contributed by atoms with Crippen LogP contribution in [-0.2, 0) is 10.0 Å². The molecule has 0 aliphatic carbocycles. The van der Waals surface area contributed by atoms with Gasteiger partial charge in [-0.15, -0.1) is 0 Å². The van der Waals surface area contributed by atoms with Crippen molar-refractivity contribution in [3.05, 3.63) is 102 Å². The number of hydrogen-bond acceptors (Lipinski definition) is 4. The van der Waals surface area contributed by atoms with E-state index in [9.17, 15) is 13.5 Å². The molecular formula is C25H23NO4S. The van der Waals surface area contributed by atoms with E-state index >= 15 is 0 Å². The molecule has 0 heterocycles. The van der Waals surface area contributed by atoms with Gasteiger partial charge in [-0.3, -0.25) is 0 Å². The van der Waals surface area contributed by atoms with Gasteiger partial charge in [0.1, 0.15) is 11.5 Å². The minimum atomic E-state index is -3.86. The fourth-order valence-electron chi connectivity index (χ4n) is 3.63. The largest absolute Gasteiger partial charge is 0.508 e. The number of hydrogen-bond donors (Lipinski definition) is 2. The van der Waals surface area contributed by atoms with Crippen molar-refractivity contribution in [1.82, 2.24) is 4.72 Å². The summed E-state index contributed by atoms with van der Waals surface area (Å²) in [7, 11) is -2.27. The SMILES string of the molecule is COc1ccc2c(C(NS(=O)(=O)c3ccc(C)cc3)c3ccccc3)c(O)ccc2c1. The van der Waals surface area contributed by atoms with Gasteiger partial charge in [0.2, 0.25) is 10.0 Å². The number of benzene rings is 4. The Hall–Kier alpha value is -3.35. The number of sulfonamides is 1. The molecule has 0 fully saturated rings. The van der Waals surface area contributed by atoms with E-state index in [1.165, 1.54) is 0 Å². The Morgan fingerprint density at radius 1 is 0.903 bits per heavy atom. The molecule has 2 N–H and O–H groups in total. The predicted molar refractivity (Wildman–Crippen MR) is 122 cm³/mol. The fourth-order valence-corrected chi connectivity index (χ4v) is 4.83. The summed E-state index contributed by atoms with van der Waals surface area (Å²) in [5.74, 6) is 0.693. The van der Waals surface area contributed by atoms with Crippen molar-refractivity contribution in [2.45, 2.75) is 17.9 Å². The Labute approximate surface area is 182 Å². The lowest BCUT2D eigenvalue weighted by molar-refractivity contribution is 0.415. The van der Waals surface area contributed by atoms with Crippen LogP contribution >= 0.6 is 0 Å². The Morgan fingerprint density at radius 2 is 1.61 bits per heavy atom. The number of phenols is 1. The molecule has 4 rings (SSSR count). The number of ether oxygens (including phenoxy) is 1. The second-order valence-electron chi connectivity index (χ2n) is 7.36. The second-order valence-corrected chi connectivity index (χ2v) is 9.08. The highest BCUT2D eigenvalue weighted by Gasteiger charge is 2.26. The van der Waals surface area contributed by atoms with Gasteiger partial charge in [-0.1, -0.05) is 60.2 Å². The third-order valence-electron chi connectivity index (χ3n) is 5.27. The van der Waals surface area contributed by atoms with Crippen molar-refractivity contribution in [3.8, 4) is 11.5 Å².